The Bertz CT molecular complexity index is 1360. The molecule has 0 amide bonds. The van der Waals surface area contributed by atoms with Crippen molar-refractivity contribution in [2.24, 2.45) is 7.05 Å². The maximum absolute atomic E-state index is 12.5. The van der Waals surface area contributed by atoms with Crippen molar-refractivity contribution in [1.82, 2.24) is 20.1 Å². The van der Waals surface area contributed by atoms with Crippen LogP contribution in [0.2, 0.25) is 0 Å². The minimum absolute atomic E-state index is 0.0110. The molecule has 40 heavy (non-hydrogen) atoms. The smallest absolute Gasteiger partial charge is 0.471 e. The van der Waals surface area contributed by atoms with Crippen molar-refractivity contribution >= 4 is 17.6 Å². The second kappa shape index (κ2) is 10.7. The largest absolute Gasteiger partial charge is 0.491 e. The molecule has 3 saturated heterocycles. The van der Waals surface area contributed by atoms with Gasteiger partial charge in [0.2, 0.25) is 5.88 Å². The summed E-state index contributed by atoms with van der Waals surface area (Å²) in [4.78, 5) is 29.8. The molecule has 1 N–H and O–H groups in total. The summed E-state index contributed by atoms with van der Waals surface area (Å²) >= 11 is 0. The molecule has 2 aromatic heterocycles. The molecule has 3 atom stereocenters. The lowest BCUT2D eigenvalue weighted by Crippen LogP contribution is -2.68. The lowest BCUT2D eigenvalue weighted by molar-refractivity contribution is -0.228. The van der Waals surface area contributed by atoms with Gasteiger partial charge in [-0.2, -0.15) is 18.3 Å². The van der Waals surface area contributed by atoms with E-state index in [1.807, 2.05) is 33.0 Å². The molecule has 0 bridgehead atoms. The van der Waals surface area contributed by atoms with E-state index in [4.69, 9.17) is 14.2 Å². The summed E-state index contributed by atoms with van der Waals surface area (Å²) in [5.41, 5.74) is 2.42. The van der Waals surface area contributed by atoms with Gasteiger partial charge in [-0.25, -0.2) is 14.6 Å². The molecule has 5 heterocycles. The Hall–Kier alpha value is -3.67. The summed E-state index contributed by atoms with van der Waals surface area (Å²) in [7, 11) is 1.81. The van der Waals surface area contributed by atoms with Crippen LogP contribution in [0.5, 0.6) is 5.88 Å². The second-order valence-electron chi connectivity index (χ2n) is 10.0. The molecule has 11 nitrogen and oxygen atoms in total. The number of rotatable bonds is 4. The number of alkyl halides is 3. The fourth-order valence-electron chi connectivity index (χ4n) is 4.92. The predicted molar refractivity (Wildman–Crippen MR) is 132 cm³/mol. The van der Waals surface area contributed by atoms with Crippen LogP contribution in [0.3, 0.4) is 0 Å². The van der Waals surface area contributed by atoms with Crippen LogP contribution in [0.15, 0.2) is 18.3 Å². The molecule has 5 rings (SSSR count). The first-order chi connectivity index (χ1) is 18.9. The third-order valence-corrected chi connectivity index (χ3v) is 7.20. The van der Waals surface area contributed by atoms with Crippen molar-refractivity contribution in [3.05, 3.63) is 35.3 Å². The number of aryl methyl sites for hydroxylation is 2. The maximum atomic E-state index is 12.5. The van der Waals surface area contributed by atoms with Gasteiger partial charge in [0.1, 0.15) is 29.1 Å². The van der Waals surface area contributed by atoms with Crippen LogP contribution in [-0.2, 0) is 30.8 Å². The highest BCUT2D eigenvalue weighted by Crippen LogP contribution is 2.38. The van der Waals surface area contributed by atoms with Gasteiger partial charge in [0.15, 0.2) is 0 Å². The highest BCUT2D eigenvalue weighted by Gasteiger charge is 2.50. The number of esters is 2. The van der Waals surface area contributed by atoms with E-state index in [1.165, 1.54) is 0 Å². The molecule has 0 saturated carbocycles. The second-order valence-corrected chi connectivity index (χ2v) is 10.0. The molecular formula is C26H28F3N5O6. The number of carbonyl (C=O) groups excluding carboxylic acids is 2. The molecule has 3 aliphatic rings. The molecule has 1 spiro atoms. The zero-order valence-corrected chi connectivity index (χ0v) is 22.1. The number of nitrogens with one attached hydrogen (secondary N) is 1. The van der Waals surface area contributed by atoms with E-state index < -0.39 is 35.9 Å². The SMILES string of the molecule is Cc1cc(C#Cc2cnc(O[C@@H]3CN[C@H](C(=O)OC(=O)C(F)(F)F)C3)c(N3CCOC4(COC4)[C@@H]3C)c2)n(C)n1. The summed E-state index contributed by atoms with van der Waals surface area (Å²) in [5, 5.41) is 7.06. The Kier molecular flexibility index (Phi) is 7.47. The van der Waals surface area contributed by atoms with E-state index in [2.05, 4.69) is 36.9 Å². The monoisotopic (exact) mass is 563 g/mol. The number of nitrogens with zero attached hydrogens (tertiary/aromatic N) is 4. The molecule has 0 radical (unpaired) electrons. The van der Waals surface area contributed by atoms with E-state index in [0.717, 1.165) is 11.4 Å². The Morgan fingerprint density at radius 1 is 1.25 bits per heavy atom. The predicted octanol–water partition coefficient (Wildman–Crippen LogP) is 1.26. The molecule has 214 valence electrons. The summed E-state index contributed by atoms with van der Waals surface area (Å²) < 4.78 is 60.8. The average molecular weight is 564 g/mol. The van der Waals surface area contributed by atoms with Gasteiger partial charge in [0.25, 0.3) is 0 Å². The Balaban J connectivity index is 1.37. The number of morpholine rings is 1. The fraction of sp³-hybridized carbons (Fsp3) is 0.538. The highest BCUT2D eigenvalue weighted by atomic mass is 19.4. The number of halogens is 3. The average Bonchev–Trinajstić information content (AvgIpc) is 3.47. The first-order valence-electron chi connectivity index (χ1n) is 12.7. The van der Waals surface area contributed by atoms with Crippen LogP contribution in [-0.4, -0.2) is 89.6 Å². The first kappa shape index (κ1) is 27.9. The summed E-state index contributed by atoms with van der Waals surface area (Å²) in [6.45, 7) is 5.98. The van der Waals surface area contributed by atoms with Crippen molar-refractivity contribution < 1.29 is 41.7 Å². The van der Waals surface area contributed by atoms with Gasteiger partial charge >= 0.3 is 18.1 Å². The van der Waals surface area contributed by atoms with Gasteiger partial charge in [-0.3, -0.25) is 4.68 Å². The number of aromatic nitrogens is 3. The topological polar surface area (TPSA) is 117 Å². The molecule has 3 fully saturated rings. The van der Waals surface area contributed by atoms with Crippen molar-refractivity contribution in [2.75, 3.05) is 37.8 Å². The quantitative estimate of drug-likeness (QED) is 0.331. The third kappa shape index (κ3) is 5.63. The first-order valence-corrected chi connectivity index (χ1v) is 12.7. The summed E-state index contributed by atoms with van der Waals surface area (Å²) in [6, 6.07) is 2.52. The summed E-state index contributed by atoms with van der Waals surface area (Å²) in [5.74, 6) is 2.63. The zero-order valence-electron chi connectivity index (χ0n) is 22.1. The maximum Gasteiger partial charge on any atom is 0.491 e. The summed E-state index contributed by atoms with van der Waals surface area (Å²) in [6.07, 6.45) is -4.32. The number of hydrogen-bond donors (Lipinski definition) is 1. The van der Waals surface area contributed by atoms with Gasteiger partial charge in [0.05, 0.1) is 31.6 Å². The van der Waals surface area contributed by atoms with Crippen LogP contribution in [0, 0.1) is 18.8 Å². The minimum atomic E-state index is -5.26. The Morgan fingerprint density at radius 3 is 2.67 bits per heavy atom. The number of ether oxygens (including phenoxy) is 4. The normalized spacial score (nSPS) is 23.8. The number of hydrogen-bond acceptors (Lipinski definition) is 10. The Labute approximate surface area is 227 Å². The molecule has 0 aromatic carbocycles. The van der Waals surface area contributed by atoms with Crippen molar-refractivity contribution in [2.45, 2.75) is 50.2 Å². The van der Waals surface area contributed by atoms with Crippen LogP contribution < -0.4 is 15.0 Å². The van der Waals surface area contributed by atoms with E-state index in [0.29, 0.717) is 37.6 Å². The van der Waals surface area contributed by atoms with E-state index >= 15 is 0 Å². The van der Waals surface area contributed by atoms with Gasteiger partial charge in [0, 0.05) is 38.3 Å². The third-order valence-electron chi connectivity index (χ3n) is 7.20. The molecule has 3 aliphatic heterocycles. The molecule has 0 aliphatic carbocycles. The molecule has 14 heteroatoms. The van der Waals surface area contributed by atoms with E-state index in [9.17, 15) is 22.8 Å². The highest BCUT2D eigenvalue weighted by molar-refractivity contribution is 5.91. The van der Waals surface area contributed by atoms with Gasteiger partial charge in [-0.1, -0.05) is 5.92 Å². The van der Waals surface area contributed by atoms with Gasteiger partial charge < -0.3 is 29.2 Å². The zero-order chi connectivity index (χ0) is 28.7. The lowest BCUT2D eigenvalue weighted by atomic mass is 9.90. The standard InChI is InChI=1S/C26H28F3N5O6/c1-15-8-18(33(3)32-15)5-4-17-9-21(34-6-7-38-25(16(34)2)13-37-14-25)22(31-11-17)39-19-10-20(30-12-19)23(35)40-24(36)26(27,28)29/h8-9,11,16,19-20,30H,6-7,10,12-14H2,1-3H3/t16-,19-,20-/m0/s1. The van der Waals surface area contributed by atoms with Crippen LogP contribution in [0.4, 0.5) is 18.9 Å². The van der Waals surface area contributed by atoms with Crippen molar-refractivity contribution in [3.8, 4) is 17.7 Å². The van der Waals surface area contributed by atoms with Crippen molar-refractivity contribution in [1.29, 1.82) is 0 Å². The molecule has 2 aromatic rings. The minimum Gasteiger partial charge on any atom is -0.471 e. The van der Waals surface area contributed by atoms with Crippen LogP contribution in [0.1, 0.15) is 30.3 Å². The number of pyridine rings is 1. The number of anilines is 1. The van der Waals surface area contributed by atoms with Gasteiger partial charge in [-0.15, -0.1) is 0 Å². The molecular weight excluding hydrogens is 535 g/mol. The fourth-order valence-corrected chi connectivity index (χ4v) is 4.92. The number of carbonyl (C=O) groups is 2. The van der Waals surface area contributed by atoms with Crippen LogP contribution >= 0.6 is 0 Å². The van der Waals surface area contributed by atoms with Crippen LogP contribution in [0.25, 0.3) is 0 Å². The lowest BCUT2D eigenvalue weighted by Gasteiger charge is -2.53. The van der Waals surface area contributed by atoms with Gasteiger partial charge in [-0.05, 0) is 31.9 Å². The van der Waals surface area contributed by atoms with E-state index in [1.54, 1.807) is 10.9 Å². The molecule has 0 unspecified atom stereocenters. The Morgan fingerprint density at radius 2 is 2.02 bits per heavy atom. The van der Waals surface area contributed by atoms with Crippen molar-refractivity contribution in [3.63, 3.8) is 0 Å². The van der Waals surface area contributed by atoms with E-state index in [-0.39, 0.29) is 24.9 Å².